The lowest BCUT2D eigenvalue weighted by molar-refractivity contribution is 0.462. The second kappa shape index (κ2) is 5.01. The molecule has 0 aromatic heterocycles. The Kier molecular flexibility index (Phi) is 4.23. The van der Waals surface area contributed by atoms with Crippen LogP contribution in [0.25, 0.3) is 0 Å². The number of hydrogen-bond donors (Lipinski definition) is 2. The van der Waals surface area contributed by atoms with Crippen molar-refractivity contribution in [3.05, 3.63) is 27.2 Å². The summed E-state index contributed by atoms with van der Waals surface area (Å²) in [6, 6.07) is 3.57. The average molecular weight is 279 g/mol. The molecule has 0 saturated carbocycles. The highest BCUT2D eigenvalue weighted by molar-refractivity contribution is 9.10. The van der Waals surface area contributed by atoms with Crippen LogP contribution in [0.1, 0.15) is 18.9 Å². The van der Waals surface area contributed by atoms with Crippen LogP contribution in [0.3, 0.4) is 0 Å². The molecule has 0 fully saturated rings. The molecule has 1 aromatic carbocycles. The summed E-state index contributed by atoms with van der Waals surface area (Å²) >= 11 is 9.10. The zero-order valence-electron chi connectivity index (χ0n) is 7.93. The minimum Gasteiger partial charge on any atom is -0.506 e. The van der Waals surface area contributed by atoms with Gasteiger partial charge in [0.1, 0.15) is 5.75 Å². The number of aromatic hydroxyl groups is 1. The van der Waals surface area contributed by atoms with Crippen molar-refractivity contribution in [3.8, 4) is 5.75 Å². The zero-order valence-corrected chi connectivity index (χ0v) is 10.3. The number of benzene rings is 1. The first-order valence-corrected chi connectivity index (χ1v) is 5.60. The van der Waals surface area contributed by atoms with E-state index >= 15 is 0 Å². The Morgan fingerprint density at radius 3 is 2.79 bits per heavy atom. The molecule has 1 aromatic rings. The van der Waals surface area contributed by atoms with Crippen molar-refractivity contribution in [2.75, 3.05) is 0 Å². The number of halogens is 2. The largest absolute Gasteiger partial charge is 0.506 e. The Hall–Kier alpha value is -0.250. The van der Waals surface area contributed by atoms with Crippen LogP contribution < -0.4 is 5.73 Å². The van der Waals surface area contributed by atoms with Crippen molar-refractivity contribution in [3.63, 3.8) is 0 Å². The van der Waals surface area contributed by atoms with Crippen LogP contribution in [0.4, 0.5) is 0 Å². The van der Waals surface area contributed by atoms with Gasteiger partial charge in [-0.2, -0.15) is 0 Å². The summed E-state index contributed by atoms with van der Waals surface area (Å²) in [6.45, 7) is 1.94. The Balaban J connectivity index is 2.85. The van der Waals surface area contributed by atoms with Crippen LogP contribution >= 0.6 is 27.5 Å². The van der Waals surface area contributed by atoms with Crippen LogP contribution in [-0.2, 0) is 6.42 Å². The second-order valence-electron chi connectivity index (χ2n) is 3.41. The second-order valence-corrected chi connectivity index (χ2v) is 4.70. The molecule has 0 unspecified atom stereocenters. The van der Waals surface area contributed by atoms with Gasteiger partial charge in [-0.15, -0.1) is 0 Å². The minimum atomic E-state index is 0.132. The van der Waals surface area contributed by atoms with Crippen LogP contribution in [0, 0.1) is 0 Å². The van der Waals surface area contributed by atoms with Gasteiger partial charge < -0.3 is 10.8 Å². The molecular formula is C10H13BrClNO. The topological polar surface area (TPSA) is 46.2 Å². The van der Waals surface area contributed by atoms with E-state index in [1.807, 2.05) is 6.92 Å². The third kappa shape index (κ3) is 3.15. The van der Waals surface area contributed by atoms with E-state index in [0.29, 0.717) is 9.50 Å². The van der Waals surface area contributed by atoms with Gasteiger partial charge in [-0.3, -0.25) is 0 Å². The van der Waals surface area contributed by atoms with Gasteiger partial charge in [0.2, 0.25) is 0 Å². The third-order valence-electron chi connectivity index (χ3n) is 1.98. The molecule has 0 aliphatic rings. The quantitative estimate of drug-likeness (QED) is 0.892. The van der Waals surface area contributed by atoms with Gasteiger partial charge in [0, 0.05) is 11.1 Å². The van der Waals surface area contributed by atoms with E-state index in [-0.39, 0.29) is 11.8 Å². The lowest BCUT2D eigenvalue weighted by Crippen LogP contribution is -2.15. The summed E-state index contributed by atoms with van der Waals surface area (Å²) < 4.78 is 0.629. The maximum absolute atomic E-state index is 9.69. The molecule has 0 saturated heterocycles. The summed E-state index contributed by atoms with van der Waals surface area (Å²) in [6.07, 6.45) is 1.57. The zero-order chi connectivity index (χ0) is 10.7. The fourth-order valence-corrected chi connectivity index (χ4v) is 2.07. The van der Waals surface area contributed by atoms with Gasteiger partial charge in [0.05, 0.1) is 4.47 Å². The van der Waals surface area contributed by atoms with E-state index in [1.54, 1.807) is 12.1 Å². The molecule has 3 N–H and O–H groups in total. The molecule has 1 rings (SSSR count). The van der Waals surface area contributed by atoms with Gasteiger partial charge >= 0.3 is 0 Å². The maximum Gasteiger partial charge on any atom is 0.133 e. The van der Waals surface area contributed by atoms with E-state index in [4.69, 9.17) is 17.3 Å². The van der Waals surface area contributed by atoms with Crippen LogP contribution in [0.5, 0.6) is 5.75 Å². The Labute approximate surface area is 97.2 Å². The number of aryl methyl sites for hydroxylation is 1. The third-order valence-corrected chi connectivity index (χ3v) is 2.80. The highest BCUT2D eigenvalue weighted by Gasteiger charge is 2.07. The monoisotopic (exact) mass is 277 g/mol. The van der Waals surface area contributed by atoms with Crippen molar-refractivity contribution < 1.29 is 5.11 Å². The first-order valence-electron chi connectivity index (χ1n) is 4.43. The SMILES string of the molecule is C[C@@H](N)CCc1cc(Cl)cc(Br)c1O. The average Bonchev–Trinajstić information content (AvgIpc) is 2.08. The van der Waals surface area contributed by atoms with Crippen molar-refractivity contribution in [1.29, 1.82) is 0 Å². The molecule has 0 radical (unpaired) electrons. The molecule has 0 aliphatic carbocycles. The number of rotatable bonds is 3. The van der Waals surface area contributed by atoms with E-state index in [9.17, 15) is 5.11 Å². The molecule has 0 bridgehead atoms. The lowest BCUT2D eigenvalue weighted by Gasteiger charge is -2.08. The van der Waals surface area contributed by atoms with E-state index in [1.165, 1.54) is 0 Å². The number of hydrogen-bond acceptors (Lipinski definition) is 2. The fraction of sp³-hybridized carbons (Fsp3) is 0.400. The van der Waals surface area contributed by atoms with Gasteiger partial charge in [0.25, 0.3) is 0 Å². The summed E-state index contributed by atoms with van der Waals surface area (Å²) in [5.41, 5.74) is 6.47. The maximum atomic E-state index is 9.69. The number of phenols is 1. The standard InChI is InChI=1S/C10H13BrClNO/c1-6(13)2-3-7-4-8(12)5-9(11)10(7)14/h4-6,14H,2-3,13H2,1H3/t6-/m1/s1. The smallest absolute Gasteiger partial charge is 0.133 e. The van der Waals surface area contributed by atoms with Crippen molar-refractivity contribution in [1.82, 2.24) is 0 Å². The first-order chi connectivity index (χ1) is 6.50. The fourth-order valence-electron chi connectivity index (χ4n) is 1.19. The molecule has 0 aliphatic heterocycles. The summed E-state index contributed by atoms with van der Waals surface area (Å²) in [4.78, 5) is 0. The predicted octanol–water partition coefficient (Wildman–Crippen LogP) is 3.09. The van der Waals surface area contributed by atoms with Crippen molar-refractivity contribution in [2.45, 2.75) is 25.8 Å². The first kappa shape index (κ1) is 11.8. The van der Waals surface area contributed by atoms with Crippen LogP contribution in [-0.4, -0.2) is 11.1 Å². The highest BCUT2D eigenvalue weighted by atomic mass is 79.9. The summed E-state index contributed by atoms with van der Waals surface area (Å²) in [7, 11) is 0. The molecule has 0 heterocycles. The van der Waals surface area contributed by atoms with E-state index in [2.05, 4.69) is 15.9 Å². The van der Waals surface area contributed by atoms with Crippen molar-refractivity contribution >= 4 is 27.5 Å². The Bertz CT molecular complexity index is 328. The van der Waals surface area contributed by atoms with Crippen LogP contribution in [0.15, 0.2) is 16.6 Å². The minimum absolute atomic E-state index is 0.132. The molecule has 1 atom stereocenters. The van der Waals surface area contributed by atoms with Crippen molar-refractivity contribution in [2.24, 2.45) is 5.73 Å². The molecule has 78 valence electrons. The molecule has 14 heavy (non-hydrogen) atoms. The van der Waals surface area contributed by atoms with Crippen LogP contribution in [0.2, 0.25) is 5.02 Å². The van der Waals surface area contributed by atoms with Gasteiger partial charge in [-0.25, -0.2) is 0 Å². The molecular weight excluding hydrogens is 265 g/mol. The summed E-state index contributed by atoms with van der Waals surface area (Å²) in [5, 5.41) is 10.3. The normalized spacial score (nSPS) is 12.9. The highest BCUT2D eigenvalue weighted by Crippen LogP contribution is 2.32. The number of nitrogens with two attached hydrogens (primary N) is 1. The Morgan fingerprint density at radius 2 is 2.21 bits per heavy atom. The molecule has 0 amide bonds. The Morgan fingerprint density at radius 1 is 1.57 bits per heavy atom. The van der Waals surface area contributed by atoms with Gasteiger partial charge in [-0.1, -0.05) is 11.6 Å². The van der Waals surface area contributed by atoms with E-state index < -0.39 is 0 Å². The molecule has 0 spiro atoms. The van der Waals surface area contributed by atoms with Gasteiger partial charge in [0.15, 0.2) is 0 Å². The van der Waals surface area contributed by atoms with Gasteiger partial charge in [-0.05, 0) is 53.4 Å². The molecule has 4 heteroatoms. The predicted molar refractivity (Wildman–Crippen MR) is 62.8 cm³/mol. The lowest BCUT2D eigenvalue weighted by atomic mass is 10.1. The number of phenolic OH excluding ortho intramolecular Hbond substituents is 1. The summed E-state index contributed by atoms with van der Waals surface area (Å²) in [5.74, 6) is 0.259. The molecule has 2 nitrogen and oxygen atoms in total. The van der Waals surface area contributed by atoms with E-state index in [0.717, 1.165) is 18.4 Å².